The molecule has 2 aromatic heterocycles. The van der Waals surface area contributed by atoms with Crippen LogP contribution in [0.5, 0.6) is 0 Å². The average Bonchev–Trinajstić information content (AvgIpc) is 2.74. The van der Waals surface area contributed by atoms with Crippen LogP contribution in [-0.4, -0.2) is 15.1 Å². The molecule has 5 nitrogen and oxygen atoms in total. The van der Waals surface area contributed by atoms with Crippen LogP contribution < -0.4 is 5.32 Å². The lowest BCUT2D eigenvalue weighted by atomic mass is 10.2. The summed E-state index contributed by atoms with van der Waals surface area (Å²) in [4.78, 5) is 8.37. The Balaban J connectivity index is 1.96. The lowest BCUT2D eigenvalue weighted by Gasteiger charge is -2.04. The zero-order chi connectivity index (χ0) is 12.1. The van der Waals surface area contributed by atoms with E-state index in [4.69, 9.17) is 4.52 Å². The molecule has 0 atom stereocenters. The zero-order valence-electron chi connectivity index (χ0n) is 10.1. The second-order valence-corrected chi connectivity index (χ2v) is 3.93. The Hall–Kier alpha value is -1.91. The molecule has 90 valence electrons. The van der Waals surface area contributed by atoms with Gasteiger partial charge in [0.15, 0.2) is 0 Å². The van der Waals surface area contributed by atoms with E-state index in [1.54, 1.807) is 6.33 Å². The molecule has 0 aromatic carbocycles. The van der Waals surface area contributed by atoms with Crippen LogP contribution in [0.4, 0.5) is 5.82 Å². The molecule has 0 saturated heterocycles. The Morgan fingerprint density at radius 2 is 2.12 bits per heavy atom. The van der Waals surface area contributed by atoms with Gasteiger partial charge in [-0.05, 0) is 13.3 Å². The van der Waals surface area contributed by atoms with Gasteiger partial charge in [0.1, 0.15) is 23.6 Å². The van der Waals surface area contributed by atoms with Crippen molar-refractivity contribution in [2.45, 2.75) is 33.2 Å². The van der Waals surface area contributed by atoms with Crippen LogP contribution in [0, 0.1) is 6.92 Å². The minimum atomic E-state index is 0.611. The molecule has 0 radical (unpaired) electrons. The molecule has 0 aliphatic carbocycles. The molecule has 0 fully saturated rings. The van der Waals surface area contributed by atoms with Gasteiger partial charge >= 0.3 is 0 Å². The molecule has 0 aliphatic rings. The molecule has 0 unspecified atom stereocenters. The first-order chi connectivity index (χ1) is 8.28. The molecular formula is C12H16N4O. The summed E-state index contributed by atoms with van der Waals surface area (Å²) in [6.07, 6.45) is 3.64. The topological polar surface area (TPSA) is 63.8 Å². The molecule has 5 heteroatoms. The third-order valence-corrected chi connectivity index (χ3v) is 2.36. The number of nitrogens with zero attached hydrogens (tertiary/aromatic N) is 3. The number of anilines is 1. The van der Waals surface area contributed by atoms with E-state index in [0.717, 1.165) is 35.8 Å². The fourth-order valence-electron chi connectivity index (χ4n) is 1.57. The van der Waals surface area contributed by atoms with Gasteiger partial charge in [0, 0.05) is 17.8 Å². The molecular weight excluding hydrogens is 216 g/mol. The van der Waals surface area contributed by atoms with Crippen molar-refractivity contribution < 1.29 is 4.52 Å². The first-order valence-electron chi connectivity index (χ1n) is 5.75. The lowest BCUT2D eigenvalue weighted by molar-refractivity contribution is 0.391. The maximum absolute atomic E-state index is 4.99. The number of hydrogen-bond donors (Lipinski definition) is 1. The van der Waals surface area contributed by atoms with Gasteiger partial charge in [-0.3, -0.25) is 0 Å². The fourth-order valence-corrected chi connectivity index (χ4v) is 1.57. The second kappa shape index (κ2) is 5.43. The van der Waals surface area contributed by atoms with Gasteiger partial charge in [0.2, 0.25) is 0 Å². The van der Waals surface area contributed by atoms with Crippen molar-refractivity contribution in [2.24, 2.45) is 0 Å². The van der Waals surface area contributed by atoms with Crippen LogP contribution in [0.2, 0.25) is 0 Å². The van der Waals surface area contributed by atoms with Crippen molar-refractivity contribution in [3.05, 3.63) is 35.6 Å². The van der Waals surface area contributed by atoms with E-state index in [-0.39, 0.29) is 0 Å². The molecule has 2 heterocycles. The Labute approximate surface area is 100 Å². The third-order valence-electron chi connectivity index (χ3n) is 2.36. The first kappa shape index (κ1) is 11.6. The monoisotopic (exact) mass is 232 g/mol. The Kier molecular flexibility index (Phi) is 3.69. The third kappa shape index (κ3) is 3.27. The Morgan fingerprint density at radius 3 is 2.82 bits per heavy atom. The SMILES string of the molecule is CCCc1cc(NCc2cc(C)on2)ncn1. The number of nitrogens with one attached hydrogen (secondary N) is 1. The molecule has 2 aromatic rings. The van der Waals surface area contributed by atoms with E-state index in [2.05, 4.69) is 27.4 Å². The van der Waals surface area contributed by atoms with E-state index in [1.165, 1.54) is 0 Å². The van der Waals surface area contributed by atoms with Crippen molar-refractivity contribution in [3.8, 4) is 0 Å². The average molecular weight is 232 g/mol. The highest BCUT2D eigenvalue weighted by Gasteiger charge is 2.01. The smallest absolute Gasteiger partial charge is 0.133 e. The summed E-state index contributed by atoms with van der Waals surface area (Å²) in [6.45, 7) is 4.62. The molecule has 2 rings (SSSR count). The minimum absolute atomic E-state index is 0.611. The maximum atomic E-state index is 4.99. The maximum Gasteiger partial charge on any atom is 0.133 e. The first-order valence-corrected chi connectivity index (χ1v) is 5.75. The highest BCUT2D eigenvalue weighted by Crippen LogP contribution is 2.08. The van der Waals surface area contributed by atoms with Gasteiger partial charge in [-0.15, -0.1) is 0 Å². The fraction of sp³-hybridized carbons (Fsp3) is 0.417. The summed E-state index contributed by atoms with van der Waals surface area (Å²) >= 11 is 0. The number of aryl methyl sites for hydroxylation is 2. The Morgan fingerprint density at radius 1 is 1.24 bits per heavy atom. The van der Waals surface area contributed by atoms with E-state index in [9.17, 15) is 0 Å². The van der Waals surface area contributed by atoms with E-state index >= 15 is 0 Å². The van der Waals surface area contributed by atoms with E-state index in [0.29, 0.717) is 6.54 Å². The van der Waals surface area contributed by atoms with Crippen LogP contribution in [0.1, 0.15) is 30.5 Å². The predicted molar refractivity (Wildman–Crippen MR) is 64.6 cm³/mol. The van der Waals surface area contributed by atoms with E-state index in [1.807, 2.05) is 19.1 Å². The van der Waals surface area contributed by atoms with Crippen molar-refractivity contribution in [3.63, 3.8) is 0 Å². The Bertz CT molecular complexity index is 481. The molecule has 0 amide bonds. The van der Waals surface area contributed by atoms with Crippen LogP contribution in [-0.2, 0) is 13.0 Å². The predicted octanol–water partition coefficient (Wildman–Crippen LogP) is 2.34. The normalized spacial score (nSPS) is 10.5. The molecule has 1 N–H and O–H groups in total. The lowest BCUT2D eigenvalue weighted by Crippen LogP contribution is -2.03. The summed E-state index contributed by atoms with van der Waals surface area (Å²) in [5, 5.41) is 7.11. The highest BCUT2D eigenvalue weighted by molar-refractivity contribution is 5.35. The van der Waals surface area contributed by atoms with Crippen LogP contribution in [0.3, 0.4) is 0 Å². The second-order valence-electron chi connectivity index (χ2n) is 3.93. The van der Waals surface area contributed by atoms with Crippen LogP contribution >= 0.6 is 0 Å². The van der Waals surface area contributed by atoms with Crippen molar-refractivity contribution in [1.82, 2.24) is 15.1 Å². The molecule has 0 bridgehead atoms. The molecule has 0 aliphatic heterocycles. The molecule has 17 heavy (non-hydrogen) atoms. The summed E-state index contributed by atoms with van der Waals surface area (Å²) in [5.41, 5.74) is 1.93. The highest BCUT2D eigenvalue weighted by atomic mass is 16.5. The van der Waals surface area contributed by atoms with E-state index < -0.39 is 0 Å². The van der Waals surface area contributed by atoms with Crippen LogP contribution in [0.25, 0.3) is 0 Å². The van der Waals surface area contributed by atoms with Crippen LogP contribution in [0.15, 0.2) is 23.0 Å². The summed E-state index contributed by atoms with van der Waals surface area (Å²) in [5.74, 6) is 1.64. The summed E-state index contributed by atoms with van der Waals surface area (Å²) in [6, 6.07) is 3.87. The van der Waals surface area contributed by atoms with Gasteiger partial charge in [0.25, 0.3) is 0 Å². The van der Waals surface area contributed by atoms with Gasteiger partial charge < -0.3 is 9.84 Å². The molecule has 0 spiro atoms. The summed E-state index contributed by atoms with van der Waals surface area (Å²) in [7, 11) is 0. The van der Waals surface area contributed by atoms with Gasteiger partial charge in [0.05, 0.1) is 6.54 Å². The largest absolute Gasteiger partial charge is 0.364 e. The standard InChI is InChI=1S/C12H16N4O/c1-3-4-10-6-12(15-8-14-10)13-7-11-5-9(2)17-16-11/h5-6,8H,3-4,7H2,1-2H3,(H,13,14,15). The van der Waals surface area contributed by atoms with Gasteiger partial charge in [-0.25, -0.2) is 9.97 Å². The quantitative estimate of drug-likeness (QED) is 0.857. The summed E-state index contributed by atoms with van der Waals surface area (Å²) < 4.78 is 4.99. The number of aromatic nitrogens is 3. The van der Waals surface area contributed by atoms with Gasteiger partial charge in [-0.2, -0.15) is 0 Å². The zero-order valence-corrected chi connectivity index (χ0v) is 10.1. The van der Waals surface area contributed by atoms with Crippen molar-refractivity contribution >= 4 is 5.82 Å². The molecule has 0 saturated carbocycles. The van der Waals surface area contributed by atoms with Gasteiger partial charge in [-0.1, -0.05) is 18.5 Å². The number of hydrogen-bond acceptors (Lipinski definition) is 5. The van der Waals surface area contributed by atoms with Crippen molar-refractivity contribution in [1.29, 1.82) is 0 Å². The van der Waals surface area contributed by atoms with Crippen molar-refractivity contribution in [2.75, 3.05) is 5.32 Å². The minimum Gasteiger partial charge on any atom is -0.364 e. The number of rotatable bonds is 5.